The van der Waals surface area contributed by atoms with Gasteiger partial charge in [0.15, 0.2) is 0 Å². The molecule has 0 saturated carbocycles. The van der Waals surface area contributed by atoms with Crippen LogP contribution >= 0.6 is 15.9 Å². The number of rotatable bonds is 3. The number of anilines is 2. The van der Waals surface area contributed by atoms with Gasteiger partial charge in [0, 0.05) is 4.47 Å². The minimum absolute atomic E-state index is 0.0833. The van der Waals surface area contributed by atoms with Gasteiger partial charge in [0.25, 0.3) is 0 Å². The zero-order chi connectivity index (χ0) is 17.9. The smallest absolute Gasteiger partial charge is 0.231 e. The molecular weight excluding hydrogens is 388 g/mol. The maximum atomic E-state index is 13.1. The van der Waals surface area contributed by atoms with Crippen molar-refractivity contribution in [3.8, 4) is 0 Å². The van der Waals surface area contributed by atoms with Gasteiger partial charge in [0.05, 0.1) is 30.4 Å². The number of carbonyl (C=O) groups excluding carboxylic acids is 1. The molecule has 0 spiro atoms. The minimum atomic E-state index is 0.0833. The molecule has 130 valence electrons. The largest absolute Gasteiger partial charge is 0.375 e. The highest BCUT2D eigenvalue weighted by Crippen LogP contribution is 2.35. The maximum Gasteiger partial charge on any atom is 0.231 e. The number of nitrogens with zero attached hydrogens (tertiary/aromatic N) is 1. The van der Waals surface area contributed by atoms with Crippen molar-refractivity contribution < 1.29 is 4.79 Å². The standard InChI is InChI=1S/C22H19BrN2O/c23-18-12-10-16(11-13-18)14-22(26)25-15-20(17-6-2-1-3-7-17)24-19-8-4-5-9-21(19)25/h1-13,20,24H,14-15H2. The summed E-state index contributed by atoms with van der Waals surface area (Å²) in [4.78, 5) is 15.0. The number of para-hydroxylation sites is 2. The van der Waals surface area contributed by atoms with Gasteiger partial charge >= 0.3 is 0 Å². The van der Waals surface area contributed by atoms with Crippen LogP contribution < -0.4 is 10.2 Å². The van der Waals surface area contributed by atoms with Crippen LogP contribution in [-0.2, 0) is 11.2 Å². The first-order chi connectivity index (χ1) is 12.7. The molecule has 0 saturated heterocycles. The molecule has 1 aliphatic heterocycles. The molecule has 1 N–H and O–H groups in total. The first kappa shape index (κ1) is 16.9. The van der Waals surface area contributed by atoms with E-state index in [0.717, 1.165) is 21.4 Å². The Balaban J connectivity index is 1.62. The molecule has 0 aliphatic carbocycles. The van der Waals surface area contributed by atoms with Crippen molar-refractivity contribution in [3.05, 3.63) is 94.5 Å². The lowest BCUT2D eigenvalue weighted by Gasteiger charge is -2.36. The highest BCUT2D eigenvalue weighted by atomic mass is 79.9. The highest BCUT2D eigenvalue weighted by molar-refractivity contribution is 9.10. The Kier molecular flexibility index (Phi) is 4.76. The van der Waals surface area contributed by atoms with E-state index in [9.17, 15) is 4.79 Å². The summed E-state index contributed by atoms with van der Waals surface area (Å²) in [7, 11) is 0. The molecule has 4 heteroatoms. The van der Waals surface area contributed by atoms with E-state index in [0.29, 0.717) is 13.0 Å². The molecule has 0 aromatic heterocycles. The molecule has 4 rings (SSSR count). The number of halogens is 1. The second-order valence-electron chi connectivity index (χ2n) is 6.43. The van der Waals surface area contributed by atoms with Crippen LogP contribution in [0.1, 0.15) is 17.2 Å². The van der Waals surface area contributed by atoms with Crippen LogP contribution in [0.3, 0.4) is 0 Å². The van der Waals surface area contributed by atoms with E-state index in [1.165, 1.54) is 5.56 Å². The molecule has 0 radical (unpaired) electrons. The fraction of sp³-hybridized carbons (Fsp3) is 0.136. The maximum absolute atomic E-state index is 13.1. The number of nitrogens with one attached hydrogen (secondary N) is 1. The van der Waals surface area contributed by atoms with Crippen LogP contribution in [0.2, 0.25) is 0 Å². The minimum Gasteiger partial charge on any atom is -0.375 e. The summed E-state index contributed by atoms with van der Waals surface area (Å²) >= 11 is 3.44. The summed E-state index contributed by atoms with van der Waals surface area (Å²) in [6, 6.07) is 26.3. The third-order valence-electron chi connectivity index (χ3n) is 4.66. The van der Waals surface area contributed by atoms with Crippen molar-refractivity contribution in [1.82, 2.24) is 0 Å². The number of hydrogen-bond donors (Lipinski definition) is 1. The first-order valence-corrected chi connectivity index (χ1v) is 9.45. The van der Waals surface area contributed by atoms with E-state index in [2.05, 4.69) is 33.4 Å². The lowest BCUT2D eigenvalue weighted by molar-refractivity contribution is -0.118. The Labute approximate surface area is 161 Å². The topological polar surface area (TPSA) is 32.3 Å². The summed E-state index contributed by atoms with van der Waals surface area (Å²) in [6.07, 6.45) is 0.392. The van der Waals surface area contributed by atoms with Gasteiger partial charge in [-0.1, -0.05) is 70.5 Å². The van der Waals surface area contributed by atoms with Crippen LogP contribution in [0.5, 0.6) is 0 Å². The van der Waals surface area contributed by atoms with Gasteiger partial charge in [-0.3, -0.25) is 4.79 Å². The molecular formula is C22H19BrN2O. The van der Waals surface area contributed by atoms with E-state index < -0.39 is 0 Å². The first-order valence-electron chi connectivity index (χ1n) is 8.66. The summed E-state index contributed by atoms with van der Waals surface area (Å²) in [5.41, 5.74) is 4.15. The summed E-state index contributed by atoms with van der Waals surface area (Å²) in [5.74, 6) is 0.113. The lowest BCUT2D eigenvalue weighted by atomic mass is 10.0. The van der Waals surface area contributed by atoms with Crippen molar-refractivity contribution in [2.75, 3.05) is 16.8 Å². The summed E-state index contributed by atoms with van der Waals surface area (Å²) < 4.78 is 1.02. The van der Waals surface area contributed by atoms with Gasteiger partial charge in [-0.2, -0.15) is 0 Å². The van der Waals surface area contributed by atoms with Gasteiger partial charge in [-0.05, 0) is 35.4 Å². The van der Waals surface area contributed by atoms with E-state index in [-0.39, 0.29) is 11.9 Å². The molecule has 1 unspecified atom stereocenters. The number of benzene rings is 3. The van der Waals surface area contributed by atoms with Crippen molar-refractivity contribution in [3.63, 3.8) is 0 Å². The van der Waals surface area contributed by atoms with E-state index in [1.54, 1.807) is 0 Å². The van der Waals surface area contributed by atoms with Crippen molar-refractivity contribution in [2.45, 2.75) is 12.5 Å². The van der Waals surface area contributed by atoms with Crippen LogP contribution in [0.25, 0.3) is 0 Å². The number of hydrogen-bond acceptors (Lipinski definition) is 2. The number of carbonyl (C=O) groups is 1. The van der Waals surface area contributed by atoms with E-state index >= 15 is 0 Å². The molecule has 3 aromatic rings. The fourth-order valence-electron chi connectivity index (χ4n) is 3.33. The summed E-state index contributed by atoms with van der Waals surface area (Å²) in [5, 5.41) is 3.57. The van der Waals surface area contributed by atoms with Crippen LogP contribution in [0, 0.1) is 0 Å². The zero-order valence-corrected chi connectivity index (χ0v) is 15.8. The van der Waals surface area contributed by atoms with E-state index in [1.807, 2.05) is 71.6 Å². The number of fused-ring (bicyclic) bond motifs is 1. The molecule has 3 nitrogen and oxygen atoms in total. The van der Waals surface area contributed by atoms with Gasteiger partial charge in [0.2, 0.25) is 5.91 Å². The molecule has 0 fully saturated rings. The molecule has 26 heavy (non-hydrogen) atoms. The Morgan fingerprint density at radius 2 is 1.65 bits per heavy atom. The van der Waals surface area contributed by atoms with E-state index in [4.69, 9.17) is 0 Å². The quantitative estimate of drug-likeness (QED) is 0.648. The highest BCUT2D eigenvalue weighted by Gasteiger charge is 2.28. The van der Waals surface area contributed by atoms with Crippen LogP contribution in [0.15, 0.2) is 83.3 Å². The molecule has 1 heterocycles. The van der Waals surface area contributed by atoms with Crippen molar-refractivity contribution in [2.24, 2.45) is 0 Å². The Morgan fingerprint density at radius 3 is 2.42 bits per heavy atom. The Bertz CT molecular complexity index is 909. The van der Waals surface area contributed by atoms with Gasteiger partial charge in [0.1, 0.15) is 0 Å². The van der Waals surface area contributed by atoms with Crippen LogP contribution in [0.4, 0.5) is 11.4 Å². The van der Waals surface area contributed by atoms with Crippen LogP contribution in [-0.4, -0.2) is 12.5 Å². The monoisotopic (exact) mass is 406 g/mol. The zero-order valence-electron chi connectivity index (χ0n) is 14.2. The second kappa shape index (κ2) is 7.34. The average Bonchev–Trinajstić information content (AvgIpc) is 2.69. The van der Waals surface area contributed by atoms with Crippen molar-refractivity contribution >= 4 is 33.2 Å². The van der Waals surface area contributed by atoms with Gasteiger partial charge in [-0.25, -0.2) is 0 Å². The van der Waals surface area contributed by atoms with Gasteiger partial charge < -0.3 is 10.2 Å². The molecule has 0 bridgehead atoms. The second-order valence-corrected chi connectivity index (χ2v) is 7.35. The normalized spacial score (nSPS) is 15.9. The number of amides is 1. The molecule has 1 atom stereocenters. The molecule has 1 aliphatic rings. The van der Waals surface area contributed by atoms with Crippen molar-refractivity contribution in [1.29, 1.82) is 0 Å². The SMILES string of the molecule is O=C(Cc1ccc(Br)cc1)N1CC(c2ccccc2)Nc2ccccc21. The third-order valence-corrected chi connectivity index (χ3v) is 5.19. The lowest BCUT2D eigenvalue weighted by Crippen LogP contribution is -2.41. The predicted molar refractivity (Wildman–Crippen MR) is 109 cm³/mol. The summed E-state index contributed by atoms with van der Waals surface area (Å²) in [6.45, 7) is 0.621. The van der Waals surface area contributed by atoms with Gasteiger partial charge in [-0.15, -0.1) is 0 Å². The third kappa shape index (κ3) is 3.51. The molecule has 3 aromatic carbocycles. The average molecular weight is 407 g/mol. The predicted octanol–water partition coefficient (Wildman–Crippen LogP) is 5.19. The molecule has 1 amide bonds. The Hall–Kier alpha value is -2.59. The Morgan fingerprint density at radius 1 is 0.962 bits per heavy atom. The fourth-order valence-corrected chi connectivity index (χ4v) is 3.59.